The molecule has 19 heavy (non-hydrogen) atoms. The van der Waals surface area contributed by atoms with E-state index in [0.717, 1.165) is 24.3 Å². The topological polar surface area (TPSA) is 61.7 Å². The van der Waals surface area contributed by atoms with Crippen molar-refractivity contribution in [2.24, 2.45) is 5.41 Å². The average Bonchev–Trinajstić information content (AvgIpc) is 2.29. The van der Waals surface area contributed by atoms with Gasteiger partial charge in [0.05, 0.1) is 13.2 Å². The predicted octanol–water partition coefficient (Wildman–Crippen LogP) is 2.29. The van der Waals surface area contributed by atoms with Crippen molar-refractivity contribution >= 4 is 0 Å². The van der Waals surface area contributed by atoms with Crippen LogP contribution < -0.4 is 10.1 Å². The van der Waals surface area contributed by atoms with Gasteiger partial charge >= 0.3 is 0 Å². The fraction of sp³-hybridized carbons (Fsp3) is 0.600. The fourth-order valence-corrected chi connectivity index (χ4v) is 2.24. The molecule has 0 fully saturated rings. The molecule has 3 N–H and O–H groups in total. The number of rotatable bonds is 7. The monoisotopic (exact) mass is 267 g/mol. The van der Waals surface area contributed by atoms with Crippen LogP contribution in [0, 0.1) is 5.41 Å². The third-order valence-electron chi connectivity index (χ3n) is 3.05. The van der Waals surface area contributed by atoms with Gasteiger partial charge in [-0.3, -0.25) is 0 Å². The second-order valence-electron chi connectivity index (χ2n) is 5.82. The first kappa shape index (κ1) is 15.8. The summed E-state index contributed by atoms with van der Waals surface area (Å²) in [5, 5.41) is 22.5. The molecule has 1 rings (SSSR count). The van der Waals surface area contributed by atoms with Crippen LogP contribution in [0.1, 0.15) is 32.8 Å². The van der Waals surface area contributed by atoms with Gasteiger partial charge in [-0.05, 0) is 37.0 Å². The summed E-state index contributed by atoms with van der Waals surface area (Å²) in [5.41, 5.74) is 0.829. The number of methoxy groups -OCH3 is 1. The van der Waals surface area contributed by atoms with E-state index in [-0.39, 0.29) is 17.3 Å². The Labute approximate surface area is 115 Å². The second-order valence-corrected chi connectivity index (χ2v) is 5.82. The van der Waals surface area contributed by atoms with Gasteiger partial charge < -0.3 is 20.3 Å². The SMILES string of the molecule is COc1ccc(O)c(CNCC(C)(C)CC(C)O)c1. The molecule has 4 heteroatoms. The van der Waals surface area contributed by atoms with Gasteiger partial charge in [-0.25, -0.2) is 0 Å². The van der Waals surface area contributed by atoms with E-state index in [0.29, 0.717) is 6.54 Å². The summed E-state index contributed by atoms with van der Waals surface area (Å²) in [4.78, 5) is 0. The van der Waals surface area contributed by atoms with E-state index in [4.69, 9.17) is 4.74 Å². The summed E-state index contributed by atoms with van der Waals surface area (Å²) in [5.74, 6) is 1.000. The number of aliphatic hydroxyl groups is 1. The van der Waals surface area contributed by atoms with E-state index in [9.17, 15) is 10.2 Å². The Morgan fingerprint density at radius 3 is 2.63 bits per heavy atom. The van der Waals surface area contributed by atoms with Crippen molar-refractivity contribution in [2.45, 2.75) is 39.8 Å². The van der Waals surface area contributed by atoms with Crippen LogP contribution in [0.2, 0.25) is 0 Å². The molecule has 0 spiro atoms. The lowest BCUT2D eigenvalue weighted by atomic mass is 9.87. The highest BCUT2D eigenvalue weighted by Gasteiger charge is 2.19. The zero-order chi connectivity index (χ0) is 14.5. The summed E-state index contributed by atoms with van der Waals surface area (Å²) in [7, 11) is 1.61. The van der Waals surface area contributed by atoms with Gasteiger partial charge in [0.1, 0.15) is 11.5 Å². The maximum Gasteiger partial charge on any atom is 0.120 e. The number of hydrogen-bond donors (Lipinski definition) is 3. The molecule has 1 unspecified atom stereocenters. The standard InChI is InChI=1S/C15H25NO3/c1-11(17)8-15(2,3)10-16-9-12-7-13(19-4)5-6-14(12)18/h5-7,11,16-18H,8-10H2,1-4H3. The Morgan fingerprint density at radius 2 is 2.05 bits per heavy atom. The van der Waals surface area contributed by atoms with Crippen molar-refractivity contribution in [1.82, 2.24) is 5.32 Å². The molecule has 1 atom stereocenters. The van der Waals surface area contributed by atoms with Crippen molar-refractivity contribution < 1.29 is 14.9 Å². The fourth-order valence-electron chi connectivity index (χ4n) is 2.24. The summed E-state index contributed by atoms with van der Waals surface area (Å²) in [6.45, 7) is 7.37. The minimum atomic E-state index is -0.304. The summed E-state index contributed by atoms with van der Waals surface area (Å²) in [6.07, 6.45) is 0.436. The lowest BCUT2D eigenvalue weighted by Gasteiger charge is -2.26. The minimum absolute atomic E-state index is 0.0165. The number of phenols is 1. The third kappa shape index (κ3) is 5.49. The quantitative estimate of drug-likeness (QED) is 0.709. The maximum absolute atomic E-state index is 9.77. The van der Waals surface area contributed by atoms with E-state index in [1.165, 1.54) is 0 Å². The normalized spacial score (nSPS) is 13.3. The highest BCUT2D eigenvalue weighted by molar-refractivity contribution is 5.39. The minimum Gasteiger partial charge on any atom is -0.508 e. The Hall–Kier alpha value is -1.26. The van der Waals surface area contributed by atoms with Gasteiger partial charge in [0.2, 0.25) is 0 Å². The molecular formula is C15H25NO3. The molecule has 108 valence electrons. The molecule has 0 saturated heterocycles. The molecule has 0 aliphatic heterocycles. The number of benzene rings is 1. The molecular weight excluding hydrogens is 242 g/mol. The Balaban J connectivity index is 2.53. The van der Waals surface area contributed by atoms with Gasteiger partial charge in [0.25, 0.3) is 0 Å². The van der Waals surface area contributed by atoms with Crippen LogP contribution >= 0.6 is 0 Å². The van der Waals surface area contributed by atoms with Crippen molar-refractivity contribution in [1.29, 1.82) is 0 Å². The van der Waals surface area contributed by atoms with Crippen LogP contribution in [0.5, 0.6) is 11.5 Å². The second kappa shape index (κ2) is 6.78. The number of phenolic OH excluding ortho intramolecular Hbond substituents is 1. The van der Waals surface area contributed by atoms with Crippen LogP contribution in [0.3, 0.4) is 0 Å². The largest absolute Gasteiger partial charge is 0.508 e. The lowest BCUT2D eigenvalue weighted by Crippen LogP contribution is -2.31. The highest BCUT2D eigenvalue weighted by atomic mass is 16.5. The van der Waals surface area contributed by atoms with Crippen molar-refractivity contribution in [2.75, 3.05) is 13.7 Å². The lowest BCUT2D eigenvalue weighted by molar-refractivity contribution is 0.128. The molecule has 0 aliphatic rings. The van der Waals surface area contributed by atoms with E-state index in [1.54, 1.807) is 26.2 Å². The van der Waals surface area contributed by atoms with Crippen molar-refractivity contribution in [3.8, 4) is 11.5 Å². The van der Waals surface area contributed by atoms with E-state index >= 15 is 0 Å². The predicted molar refractivity (Wildman–Crippen MR) is 76.4 cm³/mol. The number of nitrogens with one attached hydrogen (secondary N) is 1. The Kier molecular flexibility index (Phi) is 5.63. The van der Waals surface area contributed by atoms with Gasteiger partial charge in [-0.15, -0.1) is 0 Å². The smallest absolute Gasteiger partial charge is 0.120 e. The summed E-state index contributed by atoms with van der Waals surface area (Å²) < 4.78 is 5.14. The highest BCUT2D eigenvalue weighted by Crippen LogP contribution is 2.24. The summed E-state index contributed by atoms with van der Waals surface area (Å²) >= 11 is 0. The molecule has 1 aromatic rings. The molecule has 0 aromatic heterocycles. The first-order valence-corrected chi connectivity index (χ1v) is 6.59. The maximum atomic E-state index is 9.77. The number of ether oxygens (including phenoxy) is 1. The molecule has 0 aliphatic carbocycles. The van der Waals surface area contributed by atoms with E-state index < -0.39 is 0 Å². The van der Waals surface area contributed by atoms with Crippen LogP contribution in [0.15, 0.2) is 18.2 Å². The molecule has 0 amide bonds. The van der Waals surface area contributed by atoms with Gasteiger partial charge in [0, 0.05) is 18.7 Å². The molecule has 1 aromatic carbocycles. The van der Waals surface area contributed by atoms with Crippen molar-refractivity contribution in [3.05, 3.63) is 23.8 Å². The zero-order valence-electron chi connectivity index (χ0n) is 12.2. The molecule has 0 heterocycles. The van der Waals surface area contributed by atoms with Crippen LogP contribution in [0.4, 0.5) is 0 Å². The summed E-state index contributed by atoms with van der Waals surface area (Å²) in [6, 6.07) is 5.19. The van der Waals surface area contributed by atoms with Crippen molar-refractivity contribution in [3.63, 3.8) is 0 Å². The zero-order valence-corrected chi connectivity index (χ0v) is 12.2. The van der Waals surface area contributed by atoms with Crippen LogP contribution in [-0.4, -0.2) is 30.0 Å². The molecule has 0 radical (unpaired) electrons. The first-order valence-electron chi connectivity index (χ1n) is 6.59. The molecule has 0 saturated carbocycles. The number of aromatic hydroxyl groups is 1. The van der Waals surface area contributed by atoms with Crippen LogP contribution in [0.25, 0.3) is 0 Å². The number of aliphatic hydroxyl groups excluding tert-OH is 1. The van der Waals surface area contributed by atoms with E-state index in [1.807, 2.05) is 6.07 Å². The Morgan fingerprint density at radius 1 is 1.37 bits per heavy atom. The third-order valence-corrected chi connectivity index (χ3v) is 3.05. The van der Waals surface area contributed by atoms with Gasteiger partial charge in [-0.1, -0.05) is 13.8 Å². The van der Waals surface area contributed by atoms with Crippen LogP contribution in [-0.2, 0) is 6.54 Å². The van der Waals surface area contributed by atoms with Gasteiger partial charge in [0.15, 0.2) is 0 Å². The molecule has 4 nitrogen and oxygen atoms in total. The Bertz CT molecular complexity index is 402. The molecule has 0 bridgehead atoms. The number of hydrogen-bond acceptors (Lipinski definition) is 4. The van der Waals surface area contributed by atoms with Gasteiger partial charge in [-0.2, -0.15) is 0 Å². The first-order chi connectivity index (χ1) is 8.84. The average molecular weight is 267 g/mol. The van der Waals surface area contributed by atoms with E-state index in [2.05, 4.69) is 19.2 Å².